The van der Waals surface area contributed by atoms with Crippen LogP contribution in [0.5, 0.6) is 11.5 Å². The van der Waals surface area contributed by atoms with Gasteiger partial charge in [0.05, 0.1) is 4.90 Å². The van der Waals surface area contributed by atoms with Crippen molar-refractivity contribution in [2.45, 2.75) is 11.8 Å². The second kappa shape index (κ2) is 5.01. The molecule has 0 radical (unpaired) electrons. The highest BCUT2D eigenvalue weighted by Gasteiger charge is 1.98. The van der Waals surface area contributed by atoms with Gasteiger partial charge in [-0.1, -0.05) is 17.7 Å². The molecule has 4 heteroatoms. The molecule has 0 bridgehead atoms. The Morgan fingerprint density at radius 2 is 1.29 bits per heavy atom. The van der Waals surface area contributed by atoms with Crippen molar-refractivity contribution in [3.63, 3.8) is 0 Å². The van der Waals surface area contributed by atoms with Crippen molar-refractivity contribution in [1.29, 1.82) is 0 Å². The summed E-state index contributed by atoms with van der Waals surface area (Å²) in [5, 5.41) is 0. The van der Waals surface area contributed by atoms with E-state index in [4.69, 9.17) is 4.74 Å². The van der Waals surface area contributed by atoms with Crippen LogP contribution in [-0.4, -0.2) is 8.42 Å². The van der Waals surface area contributed by atoms with Gasteiger partial charge in [-0.2, -0.15) is 0 Å². The molecule has 0 aliphatic heterocycles. The Morgan fingerprint density at radius 3 is 1.76 bits per heavy atom. The molecule has 0 aromatic heterocycles. The Labute approximate surface area is 102 Å². The van der Waals surface area contributed by atoms with E-state index in [2.05, 4.69) is 0 Å². The fourth-order valence-corrected chi connectivity index (χ4v) is 1.77. The van der Waals surface area contributed by atoms with E-state index in [9.17, 15) is 8.42 Å². The third-order valence-electron chi connectivity index (χ3n) is 2.30. The van der Waals surface area contributed by atoms with Crippen LogP contribution in [0.15, 0.2) is 53.4 Å². The normalized spacial score (nSPS) is 10.5. The zero-order valence-electron chi connectivity index (χ0n) is 9.29. The summed E-state index contributed by atoms with van der Waals surface area (Å²) in [6.07, 6.45) is 0. The van der Waals surface area contributed by atoms with Gasteiger partial charge in [-0.15, -0.1) is 0 Å². The third kappa shape index (κ3) is 3.07. The van der Waals surface area contributed by atoms with Crippen LogP contribution in [-0.2, 0) is 10.7 Å². The molecule has 2 aromatic carbocycles. The highest BCUT2D eigenvalue weighted by molar-refractivity contribution is 7.72. The molecule has 0 saturated carbocycles. The lowest BCUT2D eigenvalue weighted by atomic mass is 10.2. The average molecular weight is 248 g/mol. The van der Waals surface area contributed by atoms with Gasteiger partial charge < -0.3 is 4.74 Å². The summed E-state index contributed by atoms with van der Waals surface area (Å²) < 4.78 is 27.0. The van der Waals surface area contributed by atoms with Crippen molar-refractivity contribution in [3.8, 4) is 11.5 Å². The van der Waals surface area contributed by atoms with Crippen LogP contribution in [0.25, 0.3) is 0 Å². The first-order chi connectivity index (χ1) is 8.15. The van der Waals surface area contributed by atoms with Crippen molar-refractivity contribution < 1.29 is 13.2 Å². The van der Waals surface area contributed by atoms with Crippen LogP contribution >= 0.6 is 0 Å². The van der Waals surface area contributed by atoms with E-state index in [0.29, 0.717) is 5.75 Å². The first-order valence-corrected chi connectivity index (χ1v) is 6.32. The van der Waals surface area contributed by atoms with E-state index in [1.54, 1.807) is 12.1 Å². The van der Waals surface area contributed by atoms with Crippen molar-refractivity contribution in [2.75, 3.05) is 0 Å². The molecule has 0 heterocycles. The summed E-state index contributed by atoms with van der Waals surface area (Å²) in [5.74, 6) is 1.35. The number of thiol groups is 1. The second-order valence-electron chi connectivity index (χ2n) is 3.67. The van der Waals surface area contributed by atoms with Crippen LogP contribution in [0.2, 0.25) is 0 Å². The quantitative estimate of drug-likeness (QED) is 0.849. The monoisotopic (exact) mass is 248 g/mol. The number of benzene rings is 2. The van der Waals surface area contributed by atoms with E-state index in [1.165, 1.54) is 12.1 Å². The van der Waals surface area contributed by atoms with Gasteiger partial charge in [-0.25, -0.2) is 8.42 Å². The Bertz CT molecular complexity index is 561. The van der Waals surface area contributed by atoms with Gasteiger partial charge in [0.2, 0.25) is 0 Å². The van der Waals surface area contributed by atoms with E-state index in [1.807, 2.05) is 31.2 Å². The van der Waals surface area contributed by atoms with Crippen molar-refractivity contribution in [3.05, 3.63) is 54.1 Å². The summed E-state index contributed by atoms with van der Waals surface area (Å²) >= 11 is 0. The average Bonchev–Trinajstić information content (AvgIpc) is 2.33. The Kier molecular flexibility index (Phi) is 3.44. The van der Waals surface area contributed by atoms with E-state index in [-0.39, 0.29) is 4.90 Å². The molecule has 0 fully saturated rings. The van der Waals surface area contributed by atoms with Crippen molar-refractivity contribution >= 4 is 10.7 Å². The Hall–Kier alpha value is -1.81. The topological polar surface area (TPSA) is 43.4 Å². The second-order valence-corrected chi connectivity index (χ2v) is 4.70. The molecule has 2 aromatic rings. The molecule has 0 N–H and O–H groups in total. The summed E-state index contributed by atoms with van der Waals surface area (Å²) in [6, 6.07) is 14.0. The molecule has 0 atom stereocenters. The number of aryl methyl sites for hydroxylation is 1. The van der Waals surface area contributed by atoms with Crippen molar-refractivity contribution in [1.82, 2.24) is 0 Å². The zero-order chi connectivity index (χ0) is 12.3. The van der Waals surface area contributed by atoms with Gasteiger partial charge in [0.15, 0.2) is 10.7 Å². The van der Waals surface area contributed by atoms with E-state index >= 15 is 0 Å². The fourth-order valence-electron chi connectivity index (χ4n) is 1.38. The molecule has 3 nitrogen and oxygen atoms in total. The number of rotatable bonds is 3. The largest absolute Gasteiger partial charge is 0.457 e. The molecule has 0 aliphatic carbocycles. The minimum atomic E-state index is -2.53. The van der Waals surface area contributed by atoms with Crippen LogP contribution in [0.3, 0.4) is 0 Å². The van der Waals surface area contributed by atoms with Gasteiger partial charge >= 0.3 is 0 Å². The highest BCUT2D eigenvalue weighted by Crippen LogP contribution is 2.22. The molecular formula is C13H12O3S. The minimum absolute atomic E-state index is 0.288. The van der Waals surface area contributed by atoms with Gasteiger partial charge in [0.1, 0.15) is 11.5 Å². The van der Waals surface area contributed by atoms with Crippen LogP contribution in [0.1, 0.15) is 5.56 Å². The van der Waals surface area contributed by atoms with Crippen LogP contribution in [0, 0.1) is 6.92 Å². The molecule has 0 aliphatic rings. The standard InChI is InChI=1S/C13H12O3S/c1-10-2-4-11(5-3-10)16-12-6-8-13(9-7-12)17(14)15/h2-9,17H,1H3. The molecule has 0 unspecified atom stereocenters. The maximum Gasteiger partial charge on any atom is 0.168 e. The summed E-state index contributed by atoms with van der Waals surface area (Å²) in [4.78, 5) is 0.288. The minimum Gasteiger partial charge on any atom is -0.457 e. The van der Waals surface area contributed by atoms with E-state index in [0.717, 1.165) is 11.3 Å². The predicted octanol–water partition coefficient (Wildman–Crippen LogP) is 2.76. The zero-order valence-corrected chi connectivity index (χ0v) is 10.2. The maximum absolute atomic E-state index is 10.7. The maximum atomic E-state index is 10.7. The smallest absolute Gasteiger partial charge is 0.168 e. The lowest BCUT2D eigenvalue weighted by Gasteiger charge is -2.05. The molecule has 0 saturated heterocycles. The predicted molar refractivity (Wildman–Crippen MR) is 66.3 cm³/mol. The molecular weight excluding hydrogens is 236 g/mol. The van der Waals surface area contributed by atoms with Crippen LogP contribution < -0.4 is 4.74 Å². The molecule has 0 spiro atoms. The number of hydrogen-bond acceptors (Lipinski definition) is 3. The van der Waals surface area contributed by atoms with Crippen molar-refractivity contribution in [2.24, 2.45) is 0 Å². The molecule has 2 rings (SSSR count). The number of hydrogen-bond donors (Lipinski definition) is 1. The Balaban J connectivity index is 2.16. The Morgan fingerprint density at radius 1 is 0.824 bits per heavy atom. The first kappa shape index (κ1) is 11.7. The summed E-state index contributed by atoms with van der Waals surface area (Å²) in [5.41, 5.74) is 1.16. The molecule has 0 amide bonds. The first-order valence-electron chi connectivity index (χ1n) is 5.14. The van der Waals surface area contributed by atoms with Gasteiger partial charge in [-0.3, -0.25) is 0 Å². The van der Waals surface area contributed by atoms with Gasteiger partial charge in [-0.05, 0) is 43.3 Å². The molecule has 88 valence electrons. The third-order valence-corrected chi connectivity index (χ3v) is 3.02. The lowest BCUT2D eigenvalue weighted by Crippen LogP contribution is -1.85. The van der Waals surface area contributed by atoms with Crippen LogP contribution in [0.4, 0.5) is 0 Å². The molecule has 17 heavy (non-hydrogen) atoms. The fraction of sp³-hybridized carbons (Fsp3) is 0.0769. The SMILES string of the molecule is Cc1ccc(Oc2ccc([SH](=O)=O)cc2)cc1. The van der Waals surface area contributed by atoms with Gasteiger partial charge in [0.25, 0.3) is 0 Å². The highest BCUT2D eigenvalue weighted by atomic mass is 32.2. The summed E-state index contributed by atoms with van der Waals surface area (Å²) in [7, 11) is -2.53. The van der Waals surface area contributed by atoms with E-state index < -0.39 is 10.7 Å². The summed E-state index contributed by atoms with van der Waals surface area (Å²) in [6.45, 7) is 2.00. The van der Waals surface area contributed by atoms with Gasteiger partial charge in [0, 0.05) is 0 Å². The lowest BCUT2D eigenvalue weighted by molar-refractivity contribution is 0.482. The number of ether oxygens (including phenoxy) is 1.